The standard InChI is InChI=1S/C16H20N2O3/c19-12(17-6-2-1-3-7-17)9-18-15(20)13-10-4-5-11(8-10)14(13)16(18)21/h4-5,10-11,13-14H,1-3,6-9H2/t10-,11-,13-,14-/m0/s1. The number of imide groups is 1. The van der Waals surface area contributed by atoms with E-state index in [2.05, 4.69) is 12.2 Å². The smallest absolute Gasteiger partial charge is 0.242 e. The number of allylic oxidation sites excluding steroid dienone is 2. The summed E-state index contributed by atoms with van der Waals surface area (Å²) in [5.74, 6) is -0.266. The van der Waals surface area contributed by atoms with Gasteiger partial charge in [0, 0.05) is 13.1 Å². The van der Waals surface area contributed by atoms with Crippen molar-refractivity contribution >= 4 is 17.7 Å². The van der Waals surface area contributed by atoms with Crippen molar-refractivity contribution in [1.29, 1.82) is 0 Å². The van der Waals surface area contributed by atoms with Gasteiger partial charge in [0.25, 0.3) is 0 Å². The third-order valence-corrected chi connectivity index (χ3v) is 5.56. The van der Waals surface area contributed by atoms with Crippen molar-refractivity contribution in [2.75, 3.05) is 19.6 Å². The van der Waals surface area contributed by atoms with Crippen LogP contribution < -0.4 is 0 Å². The molecule has 4 aliphatic rings. The molecular weight excluding hydrogens is 268 g/mol. The summed E-state index contributed by atoms with van der Waals surface area (Å²) in [7, 11) is 0. The number of hydrogen-bond donors (Lipinski definition) is 0. The van der Waals surface area contributed by atoms with Crippen molar-refractivity contribution in [3.8, 4) is 0 Å². The average molecular weight is 288 g/mol. The Morgan fingerprint density at radius 3 is 2.14 bits per heavy atom. The van der Waals surface area contributed by atoms with Crippen molar-refractivity contribution in [3.05, 3.63) is 12.2 Å². The molecule has 2 heterocycles. The quantitative estimate of drug-likeness (QED) is 0.558. The van der Waals surface area contributed by atoms with Crippen LogP contribution in [0.4, 0.5) is 0 Å². The van der Waals surface area contributed by atoms with Gasteiger partial charge in [-0.1, -0.05) is 12.2 Å². The molecule has 5 heteroatoms. The first-order chi connectivity index (χ1) is 10.2. The van der Waals surface area contributed by atoms with E-state index in [0.717, 1.165) is 38.8 Å². The minimum Gasteiger partial charge on any atom is -0.341 e. The average Bonchev–Trinajstić information content (AvgIpc) is 3.18. The number of likely N-dealkylation sites (tertiary alicyclic amines) is 2. The van der Waals surface area contributed by atoms with E-state index in [1.165, 1.54) is 4.90 Å². The molecule has 21 heavy (non-hydrogen) atoms. The third kappa shape index (κ3) is 1.86. The van der Waals surface area contributed by atoms with Gasteiger partial charge in [-0.15, -0.1) is 0 Å². The first kappa shape index (κ1) is 13.0. The van der Waals surface area contributed by atoms with E-state index in [-0.39, 0.29) is 47.9 Å². The molecule has 2 saturated heterocycles. The Morgan fingerprint density at radius 2 is 1.57 bits per heavy atom. The number of carbonyl (C=O) groups is 3. The van der Waals surface area contributed by atoms with Crippen LogP contribution >= 0.6 is 0 Å². The van der Waals surface area contributed by atoms with Crippen LogP contribution in [0, 0.1) is 23.7 Å². The second-order valence-electron chi connectivity index (χ2n) is 6.70. The molecule has 5 nitrogen and oxygen atoms in total. The van der Waals surface area contributed by atoms with Crippen LogP contribution in [-0.4, -0.2) is 47.2 Å². The Morgan fingerprint density at radius 1 is 1.00 bits per heavy atom. The minimum atomic E-state index is -0.193. The van der Waals surface area contributed by atoms with E-state index in [1.807, 2.05) is 0 Å². The normalized spacial score (nSPS) is 37.5. The predicted octanol–water partition coefficient (Wildman–Crippen LogP) is 0.806. The van der Waals surface area contributed by atoms with Gasteiger partial charge in [0.1, 0.15) is 6.54 Å². The molecule has 2 aliphatic heterocycles. The highest BCUT2D eigenvalue weighted by Gasteiger charge is 2.59. The molecule has 112 valence electrons. The van der Waals surface area contributed by atoms with Crippen molar-refractivity contribution in [1.82, 2.24) is 9.80 Å². The molecule has 0 unspecified atom stereocenters. The molecule has 0 aromatic rings. The Kier molecular flexibility index (Phi) is 2.91. The largest absolute Gasteiger partial charge is 0.341 e. The third-order valence-electron chi connectivity index (χ3n) is 5.56. The molecule has 0 aromatic heterocycles. The number of fused-ring (bicyclic) bond motifs is 5. The summed E-state index contributed by atoms with van der Waals surface area (Å²) in [5.41, 5.74) is 0. The van der Waals surface area contributed by atoms with E-state index >= 15 is 0 Å². The van der Waals surface area contributed by atoms with Crippen LogP contribution in [0.3, 0.4) is 0 Å². The number of amides is 3. The molecule has 3 amide bonds. The summed E-state index contributed by atoms with van der Waals surface area (Å²) in [5, 5.41) is 0. The Labute approximate surface area is 124 Å². The summed E-state index contributed by atoms with van der Waals surface area (Å²) in [6.07, 6.45) is 8.28. The van der Waals surface area contributed by atoms with Gasteiger partial charge in [-0.2, -0.15) is 0 Å². The fourth-order valence-corrected chi connectivity index (χ4v) is 4.50. The Hall–Kier alpha value is -1.65. The maximum absolute atomic E-state index is 12.5. The summed E-state index contributed by atoms with van der Waals surface area (Å²) in [4.78, 5) is 40.4. The van der Waals surface area contributed by atoms with Crippen LogP contribution in [0.2, 0.25) is 0 Å². The molecule has 1 saturated carbocycles. The highest BCUT2D eigenvalue weighted by molar-refractivity contribution is 6.08. The van der Waals surface area contributed by atoms with Gasteiger partial charge >= 0.3 is 0 Å². The van der Waals surface area contributed by atoms with E-state index in [4.69, 9.17) is 0 Å². The number of rotatable bonds is 2. The molecular formula is C16H20N2O3. The van der Waals surface area contributed by atoms with Crippen LogP contribution in [-0.2, 0) is 14.4 Å². The lowest BCUT2D eigenvalue weighted by Crippen LogP contribution is -2.45. The summed E-state index contributed by atoms with van der Waals surface area (Å²) >= 11 is 0. The number of carbonyl (C=O) groups excluding carboxylic acids is 3. The maximum atomic E-state index is 12.5. The fourth-order valence-electron chi connectivity index (χ4n) is 4.50. The van der Waals surface area contributed by atoms with Crippen molar-refractivity contribution in [3.63, 3.8) is 0 Å². The lowest BCUT2D eigenvalue weighted by atomic mass is 9.85. The molecule has 4 rings (SSSR count). The Bertz CT molecular complexity index is 506. The SMILES string of the molecule is O=C(CN1C(=O)[C@@H]2[C@@H](C1=O)[C@H]1C=C[C@H]2C1)N1CCCCC1. The van der Waals surface area contributed by atoms with Gasteiger partial charge in [0.15, 0.2) is 0 Å². The summed E-state index contributed by atoms with van der Waals surface area (Å²) in [6, 6.07) is 0. The van der Waals surface area contributed by atoms with Gasteiger partial charge in [0.2, 0.25) is 17.7 Å². The predicted molar refractivity (Wildman–Crippen MR) is 74.9 cm³/mol. The summed E-state index contributed by atoms with van der Waals surface area (Å²) in [6.45, 7) is 1.47. The molecule has 0 spiro atoms. The van der Waals surface area contributed by atoms with Crippen LogP contribution in [0.25, 0.3) is 0 Å². The minimum absolute atomic E-state index is 0.0515. The monoisotopic (exact) mass is 288 g/mol. The number of hydrogen-bond acceptors (Lipinski definition) is 3. The second-order valence-corrected chi connectivity index (χ2v) is 6.70. The highest BCUT2D eigenvalue weighted by Crippen LogP contribution is 2.52. The van der Waals surface area contributed by atoms with E-state index in [9.17, 15) is 14.4 Å². The van der Waals surface area contributed by atoms with Gasteiger partial charge in [-0.05, 0) is 37.5 Å². The van der Waals surface area contributed by atoms with Crippen LogP contribution in [0.5, 0.6) is 0 Å². The number of nitrogens with zero attached hydrogens (tertiary/aromatic N) is 2. The Balaban J connectivity index is 1.48. The molecule has 0 radical (unpaired) electrons. The number of piperidine rings is 1. The molecule has 2 aliphatic carbocycles. The molecule has 0 N–H and O–H groups in total. The molecule has 2 bridgehead atoms. The first-order valence-electron chi connectivity index (χ1n) is 7.98. The fraction of sp³-hybridized carbons (Fsp3) is 0.688. The lowest BCUT2D eigenvalue weighted by molar-refractivity contribution is -0.147. The van der Waals surface area contributed by atoms with Crippen LogP contribution in [0.1, 0.15) is 25.7 Å². The van der Waals surface area contributed by atoms with Gasteiger partial charge in [0.05, 0.1) is 11.8 Å². The van der Waals surface area contributed by atoms with E-state index in [0.29, 0.717) is 0 Å². The van der Waals surface area contributed by atoms with Gasteiger partial charge < -0.3 is 4.90 Å². The van der Waals surface area contributed by atoms with Crippen LogP contribution in [0.15, 0.2) is 12.2 Å². The van der Waals surface area contributed by atoms with Gasteiger partial charge in [-0.3, -0.25) is 19.3 Å². The van der Waals surface area contributed by atoms with Gasteiger partial charge in [-0.25, -0.2) is 0 Å². The zero-order valence-electron chi connectivity index (χ0n) is 12.0. The lowest BCUT2D eigenvalue weighted by Gasteiger charge is -2.28. The second kappa shape index (κ2) is 4.68. The topological polar surface area (TPSA) is 57.7 Å². The molecule has 4 atom stereocenters. The highest BCUT2D eigenvalue weighted by atomic mass is 16.2. The zero-order chi connectivity index (χ0) is 14.6. The van der Waals surface area contributed by atoms with Crippen molar-refractivity contribution < 1.29 is 14.4 Å². The maximum Gasteiger partial charge on any atom is 0.242 e. The van der Waals surface area contributed by atoms with E-state index in [1.54, 1.807) is 4.90 Å². The molecule has 3 fully saturated rings. The molecule has 0 aromatic carbocycles. The summed E-state index contributed by atoms with van der Waals surface area (Å²) < 4.78 is 0. The first-order valence-corrected chi connectivity index (χ1v) is 7.98. The van der Waals surface area contributed by atoms with Crippen molar-refractivity contribution in [2.45, 2.75) is 25.7 Å². The zero-order valence-corrected chi connectivity index (χ0v) is 12.0. The van der Waals surface area contributed by atoms with E-state index < -0.39 is 0 Å². The van der Waals surface area contributed by atoms with Crippen molar-refractivity contribution in [2.24, 2.45) is 23.7 Å².